The van der Waals surface area contributed by atoms with Crippen molar-refractivity contribution in [2.75, 3.05) is 6.54 Å². The topological polar surface area (TPSA) is 128 Å². The molecule has 2 heterocycles. The highest BCUT2D eigenvalue weighted by Crippen LogP contribution is 2.39. The third kappa shape index (κ3) is 5.48. The van der Waals surface area contributed by atoms with Crippen molar-refractivity contribution < 1.29 is 24.6 Å². The number of carbonyl (C=O) groups is 3. The van der Waals surface area contributed by atoms with Gasteiger partial charge in [-0.3, -0.25) is 14.4 Å². The van der Waals surface area contributed by atoms with E-state index in [1.54, 1.807) is 30.5 Å². The predicted molar refractivity (Wildman–Crippen MR) is 120 cm³/mol. The van der Waals surface area contributed by atoms with E-state index in [2.05, 4.69) is 15.8 Å². The van der Waals surface area contributed by atoms with Crippen molar-refractivity contribution in [3.63, 3.8) is 0 Å². The smallest absolute Gasteiger partial charge is 0.322 e. The van der Waals surface area contributed by atoms with E-state index in [1.165, 1.54) is 23.5 Å². The number of nitrogens with zero attached hydrogens (tertiary/aromatic N) is 1. The molecule has 1 aromatic carbocycles. The molecule has 0 fully saturated rings. The fourth-order valence-corrected chi connectivity index (χ4v) is 4.52. The first-order valence-electron chi connectivity index (χ1n) is 8.77. The summed E-state index contributed by atoms with van der Waals surface area (Å²) in [5.41, 5.74) is 4.03. The third-order valence-electron chi connectivity index (χ3n) is 4.02. The van der Waals surface area contributed by atoms with Crippen LogP contribution in [0.25, 0.3) is 10.4 Å². The number of carboxylic acids is 1. The molecule has 0 unspecified atom stereocenters. The Morgan fingerprint density at radius 2 is 1.84 bits per heavy atom. The number of benzene rings is 1. The van der Waals surface area contributed by atoms with Gasteiger partial charge < -0.3 is 15.5 Å². The van der Waals surface area contributed by atoms with E-state index in [-0.39, 0.29) is 15.5 Å². The molecule has 0 aliphatic heterocycles. The van der Waals surface area contributed by atoms with Crippen LogP contribution in [0.4, 0.5) is 0 Å². The second-order valence-corrected chi connectivity index (χ2v) is 8.62. The number of amides is 2. The summed E-state index contributed by atoms with van der Waals surface area (Å²) in [6.45, 7) is 1.13. The molecule has 0 radical (unpaired) electrons. The van der Waals surface area contributed by atoms with Gasteiger partial charge >= 0.3 is 5.97 Å². The van der Waals surface area contributed by atoms with Crippen molar-refractivity contribution in [1.82, 2.24) is 10.7 Å². The highest BCUT2D eigenvalue weighted by Gasteiger charge is 2.17. The number of hydrazone groups is 1. The summed E-state index contributed by atoms with van der Waals surface area (Å²) in [6, 6.07) is 9.97. The van der Waals surface area contributed by atoms with Crippen molar-refractivity contribution >= 4 is 57.8 Å². The largest absolute Gasteiger partial charge is 0.506 e. The molecule has 160 valence electrons. The van der Waals surface area contributed by atoms with Crippen LogP contribution in [0.15, 0.2) is 46.9 Å². The molecule has 0 saturated carbocycles. The summed E-state index contributed by atoms with van der Waals surface area (Å²) in [7, 11) is 0. The predicted octanol–water partition coefficient (Wildman–Crippen LogP) is 3.80. The average molecular weight is 478 g/mol. The van der Waals surface area contributed by atoms with Gasteiger partial charge in [0.1, 0.15) is 12.3 Å². The van der Waals surface area contributed by atoms with Crippen LogP contribution in [0.5, 0.6) is 5.75 Å². The van der Waals surface area contributed by atoms with Gasteiger partial charge in [-0.1, -0.05) is 23.7 Å². The summed E-state index contributed by atoms with van der Waals surface area (Å²) >= 11 is 8.25. The molecule has 2 aromatic heterocycles. The Morgan fingerprint density at radius 1 is 1.13 bits per heavy atom. The Labute approximate surface area is 189 Å². The molecule has 0 aliphatic rings. The number of aromatic hydroxyl groups is 1. The summed E-state index contributed by atoms with van der Waals surface area (Å²) in [5, 5.41) is 27.7. The van der Waals surface area contributed by atoms with Crippen LogP contribution in [-0.4, -0.2) is 40.3 Å². The van der Waals surface area contributed by atoms with Crippen LogP contribution in [-0.2, 0) is 4.79 Å². The second kappa shape index (κ2) is 9.73. The van der Waals surface area contributed by atoms with E-state index in [4.69, 9.17) is 16.7 Å². The lowest BCUT2D eigenvalue weighted by atomic mass is 10.1. The lowest BCUT2D eigenvalue weighted by Gasteiger charge is -2.03. The minimum atomic E-state index is -1.16. The fourth-order valence-electron chi connectivity index (χ4n) is 2.52. The first-order valence-corrected chi connectivity index (χ1v) is 10.8. The van der Waals surface area contributed by atoms with E-state index >= 15 is 0 Å². The minimum Gasteiger partial charge on any atom is -0.506 e. The molecule has 4 N–H and O–H groups in total. The fraction of sp³-hybridized carbons (Fsp3) is 0.100. The average Bonchev–Trinajstić information content (AvgIpc) is 3.37. The summed E-state index contributed by atoms with van der Waals surface area (Å²) in [5.74, 6) is -2.24. The van der Waals surface area contributed by atoms with Crippen LogP contribution >= 0.6 is 34.3 Å². The Hall–Kier alpha value is -3.21. The van der Waals surface area contributed by atoms with E-state index in [0.29, 0.717) is 21.2 Å². The zero-order valence-electron chi connectivity index (χ0n) is 16.0. The Morgan fingerprint density at radius 3 is 2.52 bits per heavy atom. The molecule has 8 nitrogen and oxygen atoms in total. The Kier molecular flexibility index (Phi) is 7.06. The number of aliphatic carboxylic acids is 1. The first-order chi connectivity index (χ1) is 14.8. The zero-order valence-corrected chi connectivity index (χ0v) is 18.4. The van der Waals surface area contributed by atoms with Gasteiger partial charge in [-0.05, 0) is 36.8 Å². The SMILES string of the molecule is CC(=NNC(=O)c1ccc(C(=O)NCC(=O)O)s1)c1csc(-c2cccc(Cl)c2)c1O. The molecule has 3 rings (SSSR count). The van der Waals surface area contributed by atoms with E-state index in [0.717, 1.165) is 16.9 Å². The summed E-state index contributed by atoms with van der Waals surface area (Å²) in [4.78, 5) is 35.8. The Balaban J connectivity index is 1.69. The second-order valence-electron chi connectivity index (χ2n) is 6.22. The van der Waals surface area contributed by atoms with E-state index in [9.17, 15) is 19.5 Å². The van der Waals surface area contributed by atoms with Crippen LogP contribution in [0.1, 0.15) is 31.8 Å². The number of thiophene rings is 2. The Bertz CT molecular complexity index is 1190. The maximum atomic E-state index is 12.3. The maximum Gasteiger partial charge on any atom is 0.322 e. The number of rotatable bonds is 7. The molecule has 0 bridgehead atoms. The van der Waals surface area contributed by atoms with Gasteiger partial charge in [0.15, 0.2) is 0 Å². The molecule has 0 atom stereocenters. The maximum absolute atomic E-state index is 12.3. The van der Waals surface area contributed by atoms with Gasteiger partial charge in [0.05, 0.1) is 25.9 Å². The highest BCUT2D eigenvalue weighted by molar-refractivity contribution is 7.16. The highest BCUT2D eigenvalue weighted by atomic mass is 35.5. The zero-order chi connectivity index (χ0) is 22.5. The molecule has 0 saturated heterocycles. The van der Waals surface area contributed by atoms with Gasteiger partial charge in [-0.25, -0.2) is 5.43 Å². The van der Waals surface area contributed by atoms with Gasteiger partial charge in [0.2, 0.25) is 0 Å². The van der Waals surface area contributed by atoms with Crippen molar-refractivity contribution in [3.05, 3.63) is 62.1 Å². The molecular weight excluding hydrogens is 462 g/mol. The van der Waals surface area contributed by atoms with Crippen molar-refractivity contribution in [2.24, 2.45) is 5.10 Å². The summed E-state index contributed by atoms with van der Waals surface area (Å²) < 4.78 is 0. The number of carboxylic acid groups (broad SMARTS) is 1. The molecule has 11 heteroatoms. The van der Waals surface area contributed by atoms with Crippen LogP contribution in [0.3, 0.4) is 0 Å². The lowest BCUT2D eigenvalue weighted by Crippen LogP contribution is -2.28. The van der Waals surface area contributed by atoms with Crippen LogP contribution in [0.2, 0.25) is 5.02 Å². The van der Waals surface area contributed by atoms with Crippen molar-refractivity contribution in [3.8, 4) is 16.2 Å². The van der Waals surface area contributed by atoms with Crippen molar-refractivity contribution in [2.45, 2.75) is 6.92 Å². The number of halogens is 1. The quantitative estimate of drug-likeness (QED) is 0.304. The molecular formula is C20H16ClN3O5S2. The van der Waals surface area contributed by atoms with Crippen LogP contribution < -0.4 is 10.7 Å². The van der Waals surface area contributed by atoms with E-state index in [1.807, 2.05) is 6.07 Å². The lowest BCUT2D eigenvalue weighted by molar-refractivity contribution is -0.135. The third-order valence-corrected chi connectivity index (χ3v) is 6.36. The van der Waals surface area contributed by atoms with Gasteiger partial charge in [-0.2, -0.15) is 5.10 Å². The standard InChI is InChI=1S/C20H16ClN3O5S2/c1-10(13-9-30-18(17(13)27)11-3-2-4-12(21)7-11)23-24-20(29)15-6-5-14(31-15)19(28)22-8-16(25)26/h2-7,9,27H,8H2,1H3,(H,22,28)(H,24,29)(H,25,26). The molecule has 0 spiro atoms. The molecule has 3 aromatic rings. The van der Waals surface area contributed by atoms with Crippen LogP contribution in [0, 0.1) is 0 Å². The normalized spacial score (nSPS) is 11.2. The number of carbonyl (C=O) groups excluding carboxylic acids is 2. The van der Waals surface area contributed by atoms with Gasteiger partial charge in [-0.15, -0.1) is 22.7 Å². The molecule has 0 aliphatic carbocycles. The van der Waals surface area contributed by atoms with Gasteiger partial charge in [0.25, 0.3) is 11.8 Å². The number of hydrogen-bond donors (Lipinski definition) is 4. The minimum absolute atomic E-state index is 0.0382. The van der Waals surface area contributed by atoms with Gasteiger partial charge in [0, 0.05) is 10.4 Å². The summed E-state index contributed by atoms with van der Waals surface area (Å²) in [6.07, 6.45) is 0. The molecule has 2 amide bonds. The first kappa shape index (κ1) is 22.5. The van der Waals surface area contributed by atoms with Crippen molar-refractivity contribution in [1.29, 1.82) is 0 Å². The molecule has 31 heavy (non-hydrogen) atoms. The number of hydrogen-bond acceptors (Lipinski definition) is 7. The van der Waals surface area contributed by atoms with E-state index < -0.39 is 24.3 Å². The monoisotopic (exact) mass is 477 g/mol. The number of nitrogens with one attached hydrogen (secondary N) is 2.